The van der Waals surface area contributed by atoms with E-state index in [0.29, 0.717) is 12.1 Å². The van der Waals surface area contributed by atoms with Crippen LogP contribution in [0.25, 0.3) is 0 Å². The van der Waals surface area contributed by atoms with Crippen LogP contribution < -0.4 is 4.90 Å². The number of rotatable bonds is 5. The van der Waals surface area contributed by atoms with Gasteiger partial charge in [-0.15, -0.1) is 0 Å². The number of likely N-dealkylation sites (N-methyl/N-ethyl adjacent to an activating group) is 1. The van der Waals surface area contributed by atoms with Gasteiger partial charge < -0.3 is 10.0 Å². The fourth-order valence-corrected chi connectivity index (χ4v) is 2.04. The molecule has 0 saturated carbocycles. The number of hydrogen-bond donors (Lipinski definition) is 1. The van der Waals surface area contributed by atoms with Gasteiger partial charge in [0.05, 0.1) is 16.8 Å². The quantitative estimate of drug-likeness (QED) is 0.910. The zero-order valence-electron chi connectivity index (χ0n) is 11.7. The Morgan fingerprint density at radius 3 is 2.81 bits per heavy atom. The molecule has 106 valence electrons. The molecule has 0 bridgehead atoms. The Bertz CT molecular complexity index is 678. The highest BCUT2D eigenvalue weighted by molar-refractivity contribution is 5.89. The van der Waals surface area contributed by atoms with E-state index >= 15 is 0 Å². The first-order chi connectivity index (χ1) is 10.1. The Kier molecular flexibility index (Phi) is 4.52. The summed E-state index contributed by atoms with van der Waals surface area (Å²) in [6.45, 7) is 0.693. The lowest BCUT2D eigenvalue weighted by Crippen LogP contribution is -2.21. The maximum Gasteiger partial charge on any atom is 0.335 e. The summed E-state index contributed by atoms with van der Waals surface area (Å²) in [6, 6.07) is 12.4. The lowest BCUT2D eigenvalue weighted by molar-refractivity contribution is 0.0697. The number of carboxylic acids is 1. The van der Waals surface area contributed by atoms with Crippen molar-refractivity contribution >= 4 is 11.7 Å². The van der Waals surface area contributed by atoms with Crippen molar-refractivity contribution < 1.29 is 9.90 Å². The minimum atomic E-state index is -1.03. The molecule has 0 amide bonds. The molecular formula is C16H15N3O2. The normalized spacial score (nSPS) is 9.90. The molecule has 0 spiro atoms. The molecule has 5 nitrogen and oxygen atoms in total. The van der Waals surface area contributed by atoms with E-state index < -0.39 is 5.97 Å². The van der Waals surface area contributed by atoms with E-state index in [1.807, 2.05) is 36.2 Å². The van der Waals surface area contributed by atoms with Crippen molar-refractivity contribution in [3.8, 4) is 6.07 Å². The maximum atomic E-state index is 10.9. The van der Waals surface area contributed by atoms with Crippen molar-refractivity contribution in [2.24, 2.45) is 0 Å². The molecule has 2 aromatic rings. The number of nitriles is 1. The smallest absolute Gasteiger partial charge is 0.335 e. The van der Waals surface area contributed by atoms with E-state index in [9.17, 15) is 10.1 Å². The zero-order valence-corrected chi connectivity index (χ0v) is 11.7. The second-order valence-electron chi connectivity index (χ2n) is 4.64. The number of hydrogen-bond acceptors (Lipinski definition) is 4. The Labute approximate surface area is 123 Å². The molecule has 0 fully saturated rings. The van der Waals surface area contributed by atoms with Crippen LogP contribution in [0.2, 0.25) is 0 Å². The number of carboxylic acid groups (broad SMARTS) is 1. The van der Waals surface area contributed by atoms with Gasteiger partial charge in [0.15, 0.2) is 0 Å². The lowest BCUT2D eigenvalue weighted by atomic mass is 10.1. The van der Waals surface area contributed by atoms with Crippen LogP contribution >= 0.6 is 0 Å². The molecule has 2 rings (SSSR count). The molecular weight excluding hydrogens is 266 g/mol. The van der Waals surface area contributed by atoms with Gasteiger partial charge >= 0.3 is 5.97 Å². The van der Waals surface area contributed by atoms with Crippen molar-refractivity contribution in [1.82, 2.24) is 4.98 Å². The lowest BCUT2D eigenvalue weighted by Gasteiger charge is -2.20. The third-order valence-electron chi connectivity index (χ3n) is 3.20. The van der Waals surface area contributed by atoms with E-state index in [1.54, 1.807) is 12.3 Å². The van der Waals surface area contributed by atoms with E-state index in [1.165, 1.54) is 12.1 Å². The minimum absolute atomic E-state index is 0.119. The molecule has 1 aromatic carbocycles. The number of aromatic nitrogens is 1. The summed E-state index contributed by atoms with van der Waals surface area (Å²) < 4.78 is 0. The number of pyridine rings is 1. The zero-order chi connectivity index (χ0) is 15.2. The number of aromatic carboxylic acids is 1. The van der Waals surface area contributed by atoms with Gasteiger partial charge in [0.2, 0.25) is 0 Å². The highest BCUT2D eigenvalue weighted by Crippen LogP contribution is 2.20. The van der Waals surface area contributed by atoms with E-state index in [4.69, 9.17) is 5.11 Å². The molecule has 0 atom stereocenters. The van der Waals surface area contributed by atoms with Crippen LogP contribution in [0.5, 0.6) is 0 Å². The van der Waals surface area contributed by atoms with Crippen LogP contribution in [0.1, 0.15) is 21.6 Å². The third-order valence-corrected chi connectivity index (χ3v) is 3.20. The van der Waals surface area contributed by atoms with Gasteiger partial charge in [-0.25, -0.2) is 4.79 Å². The van der Waals surface area contributed by atoms with Gasteiger partial charge in [0, 0.05) is 31.9 Å². The van der Waals surface area contributed by atoms with Gasteiger partial charge in [-0.1, -0.05) is 6.07 Å². The van der Waals surface area contributed by atoms with Crippen LogP contribution in [-0.4, -0.2) is 29.7 Å². The summed E-state index contributed by atoms with van der Waals surface area (Å²) in [5.41, 5.74) is 2.18. The second-order valence-corrected chi connectivity index (χ2v) is 4.64. The SMILES string of the molecule is CN(CCc1ccccn1)c1ccc(C(=O)O)cc1C#N. The van der Waals surface area contributed by atoms with Crippen molar-refractivity contribution in [1.29, 1.82) is 5.26 Å². The molecule has 0 unspecified atom stereocenters. The van der Waals surface area contributed by atoms with Crippen LogP contribution in [0, 0.1) is 11.3 Å². The number of anilines is 1. The van der Waals surface area contributed by atoms with Crippen molar-refractivity contribution in [2.75, 3.05) is 18.5 Å². The summed E-state index contributed by atoms with van der Waals surface area (Å²) in [5.74, 6) is -1.03. The first-order valence-corrected chi connectivity index (χ1v) is 6.50. The molecule has 5 heteroatoms. The van der Waals surface area contributed by atoms with Gasteiger partial charge in [-0.2, -0.15) is 5.26 Å². The predicted molar refractivity (Wildman–Crippen MR) is 79.3 cm³/mol. The summed E-state index contributed by atoms with van der Waals surface area (Å²) in [6.07, 6.45) is 2.50. The Morgan fingerprint density at radius 1 is 1.38 bits per heavy atom. The molecule has 21 heavy (non-hydrogen) atoms. The summed E-state index contributed by atoms with van der Waals surface area (Å²) >= 11 is 0. The second kappa shape index (κ2) is 6.53. The highest BCUT2D eigenvalue weighted by Gasteiger charge is 2.11. The fourth-order valence-electron chi connectivity index (χ4n) is 2.04. The van der Waals surface area contributed by atoms with Gasteiger partial charge in [-0.05, 0) is 30.3 Å². The average Bonchev–Trinajstić information content (AvgIpc) is 2.52. The molecule has 1 aromatic heterocycles. The molecule has 1 N–H and O–H groups in total. The van der Waals surface area contributed by atoms with Crippen LogP contribution in [0.3, 0.4) is 0 Å². The largest absolute Gasteiger partial charge is 0.478 e. The molecule has 1 heterocycles. The number of benzene rings is 1. The molecule has 0 aliphatic carbocycles. The first kappa shape index (κ1) is 14.5. The summed E-state index contributed by atoms with van der Waals surface area (Å²) in [5, 5.41) is 18.1. The van der Waals surface area contributed by atoms with Crippen LogP contribution in [-0.2, 0) is 6.42 Å². The van der Waals surface area contributed by atoms with E-state index in [2.05, 4.69) is 4.98 Å². The molecule has 0 aliphatic heterocycles. The first-order valence-electron chi connectivity index (χ1n) is 6.50. The maximum absolute atomic E-state index is 10.9. The third kappa shape index (κ3) is 3.57. The predicted octanol–water partition coefficient (Wildman–Crippen LogP) is 2.33. The monoisotopic (exact) mass is 281 g/mol. The number of carbonyl (C=O) groups is 1. The molecule has 0 radical (unpaired) electrons. The molecule has 0 saturated heterocycles. The van der Waals surface area contributed by atoms with E-state index in [0.717, 1.165) is 17.8 Å². The van der Waals surface area contributed by atoms with Crippen molar-refractivity contribution in [3.05, 3.63) is 59.4 Å². The standard InChI is InChI=1S/C16H15N3O2/c1-19(9-7-14-4-2-3-8-18-14)15-6-5-12(16(20)21)10-13(15)11-17/h2-6,8,10H,7,9H2,1H3,(H,20,21). The summed E-state index contributed by atoms with van der Waals surface area (Å²) in [7, 11) is 1.87. The average molecular weight is 281 g/mol. The topological polar surface area (TPSA) is 77.2 Å². The number of nitrogens with zero attached hydrogens (tertiary/aromatic N) is 3. The highest BCUT2D eigenvalue weighted by atomic mass is 16.4. The van der Waals surface area contributed by atoms with Gasteiger partial charge in [0.25, 0.3) is 0 Å². The minimum Gasteiger partial charge on any atom is -0.478 e. The summed E-state index contributed by atoms with van der Waals surface area (Å²) in [4.78, 5) is 17.1. The van der Waals surface area contributed by atoms with E-state index in [-0.39, 0.29) is 5.56 Å². The Hall–Kier alpha value is -2.87. The van der Waals surface area contributed by atoms with Gasteiger partial charge in [-0.3, -0.25) is 4.98 Å². The Morgan fingerprint density at radius 2 is 2.19 bits per heavy atom. The fraction of sp³-hybridized carbons (Fsp3) is 0.188. The Balaban J connectivity index is 2.14. The van der Waals surface area contributed by atoms with Crippen LogP contribution in [0.15, 0.2) is 42.6 Å². The van der Waals surface area contributed by atoms with Gasteiger partial charge in [0.1, 0.15) is 6.07 Å². The molecule has 0 aliphatic rings. The van der Waals surface area contributed by atoms with Crippen molar-refractivity contribution in [2.45, 2.75) is 6.42 Å². The van der Waals surface area contributed by atoms with Crippen molar-refractivity contribution in [3.63, 3.8) is 0 Å². The van der Waals surface area contributed by atoms with Crippen LogP contribution in [0.4, 0.5) is 5.69 Å².